The Morgan fingerprint density at radius 3 is 2.67 bits per heavy atom. The number of nitrogens with two attached hydrogens (primary N) is 1. The summed E-state index contributed by atoms with van der Waals surface area (Å²) in [4.78, 5) is 4.35. The first-order valence-electron chi connectivity index (χ1n) is 5.64. The summed E-state index contributed by atoms with van der Waals surface area (Å²) >= 11 is 4.99. The van der Waals surface area contributed by atoms with Gasteiger partial charge in [-0.25, -0.2) is 0 Å². The van der Waals surface area contributed by atoms with Crippen LogP contribution in [-0.2, 0) is 0 Å². The average Bonchev–Trinajstić information content (AvgIpc) is 2.40. The first-order valence-corrected chi connectivity index (χ1v) is 6.04. The molecule has 92 valence electrons. The van der Waals surface area contributed by atoms with Gasteiger partial charge in [0.2, 0.25) is 0 Å². The van der Waals surface area contributed by atoms with Crippen LogP contribution in [0.5, 0.6) is 5.75 Å². The van der Waals surface area contributed by atoms with Gasteiger partial charge in [0.1, 0.15) is 16.8 Å². The van der Waals surface area contributed by atoms with Crippen LogP contribution in [0.15, 0.2) is 48.8 Å². The van der Waals surface area contributed by atoms with Crippen molar-refractivity contribution in [2.24, 2.45) is 5.73 Å². The second kappa shape index (κ2) is 5.60. The highest BCUT2D eigenvalue weighted by atomic mass is 32.1. The highest BCUT2D eigenvalue weighted by molar-refractivity contribution is 7.80. The first-order chi connectivity index (χ1) is 8.68. The quantitative estimate of drug-likeness (QED) is 0.857. The number of pyridine rings is 1. The Labute approximate surface area is 112 Å². The molecule has 4 heteroatoms. The van der Waals surface area contributed by atoms with Crippen LogP contribution in [0.4, 0.5) is 0 Å². The fourth-order valence-corrected chi connectivity index (χ4v) is 1.83. The van der Waals surface area contributed by atoms with Crippen molar-refractivity contribution in [3.8, 4) is 5.75 Å². The zero-order chi connectivity index (χ0) is 13.0. The molecule has 0 bridgehead atoms. The molecular weight excluding hydrogens is 244 g/mol. The van der Waals surface area contributed by atoms with Crippen LogP contribution < -0.4 is 10.5 Å². The van der Waals surface area contributed by atoms with Crippen molar-refractivity contribution < 1.29 is 4.74 Å². The summed E-state index contributed by atoms with van der Waals surface area (Å²) in [6, 6.07) is 11.7. The van der Waals surface area contributed by atoms with E-state index in [0.717, 1.165) is 5.56 Å². The van der Waals surface area contributed by atoms with Crippen LogP contribution in [0.3, 0.4) is 0 Å². The van der Waals surface area contributed by atoms with Crippen LogP contribution in [0.25, 0.3) is 0 Å². The molecule has 18 heavy (non-hydrogen) atoms. The number of hydrogen-bond acceptors (Lipinski definition) is 3. The van der Waals surface area contributed by atoms with E-state index in [1.54, 1.807) is 18.5 Å². The van der Waals surface area contributed by atoms with Crippen molar-refractivity contribution in [1.82, 2.24) is 4.98 Å². The van der Waals surface area contributed by atoms with Crippen LogP contribution in [-0.4, -0.2) is 9.97 Å². The molecular formula is C14H14N2OS. The van der Waals surface area contributed by atoms with E-state index in [-0.39, 0.29) is 6.10 Å². The number of hydrogen-bond donors (Lipinski definition) is 1. The summed E-state index contributed by atoms with van der Waals surface area (Å²) in [6.07, 6.45) is 3.20. The van der Waals surface area contributed by atoms with E-state index in [4.69, 9.17) is 22.7 Å². The molecule has 0 aliphatic rings. The number of thiocarbonyl (C=S) groups is 1. The predicted octanol–water partition coefficient (Wildman–Crippen LogP) is 2.86. The molecule has 2 N–H and O–H groups in total. The predicted molar refractivity (Wildman–Crippen MR) is 75.6 cm³/mol. The largest absolute Gasteiger partial charge is 0.484 e. The van der Waals surface area contributed by atoms with Crippen molar-refractivity contribution >= 4 is 17.2 Å². The van der Waals surface area contributed by atoms with Crippen molar-refractivity contribution in [2.75, 3.05) is 0 Å². The van der Waals surface area contributed by atoms with Gasteiger partial charge in [-0.1, -0.05) is 42.5 Å². The number of rotatable bonds is 4. The van der Waals surface area contributed by atoms with E-state index in [2.05, 4.69) is 4.98 Å². The molecule has 0 saturated carbocycles. The molecule has 0 aliphatic heterocycles. The molecule has 2 rings (SSSR count). The van der Waals surface area contributed by atoms with E-state index >= 15 is 0 Å². The fraction of sp³-hybridized carbons (Fsp3) is 0.143. The van der Waals surface area contributed by atoms with Gasteiger partial charge < -0.3 is 10.5 Å². The summed E-state index contributed by atoms with van der Waals surface area (Å²) in [6.45, 7) is 1.98. The van der Waals surface area contributed by atoms with E-state index in [9.17, 15) is 0 Å². The maximum absolute atomic E-state index is 5.86. The molecule has 3 nitrogen and oxygen atoms in total. The first kappa shape index (κ1) is 12.5. The minimum atomic E-state index is -0.0801. The second-order valence-electron chi connectivity index (χ2n) is 3.91. The van der Waals surface area contributed by atoms with Gasteiger partial charge in [-0.2, -0.15) is 0 Å². The monoisotopic (exact) mass is 258 g/mol. The average molecular weight is 258 g/mol. The second-order valence-corrected chi connectivity index (χ2v) is 4.35. The molecule has 0 fully saturated rings. The van der Waals surface area contributed by atoms with Gasteiger partial charge in [0, 0.05) is 6.20 Å². The molecule has 0 spiro atoms. The molecule has 1 heterocycles. The summed E-state index contributed by atoms with van der Waals surface area (Å²) in [5.41, 5.74) is 7.46. The van der Waals surface area contributed by atoms with Gasteiger partial charge in [-0.3, -0.25) is 4.98 Å². The topological polar surface area (TPSA) is 48.1 Å². The highest BCUT2D eigenvalue weighted by Gasteiger charge is 2.11. The fourth-order valence-electron chi connectivity index (χ4n) is 1.66. The van der Waals surface area contributed by atoms with Gasteiger partial charge in [-0.05, 0) is 18.6 Å². The maximum atomic E-state index is 5.86. The third-order valence-electron chi connectivity index (χ3n) is 2.62. The minimum absolute atomic E-state index is 0.0801. The lowest BCUT2D eigenvalue weighted by Gasteiger charge is -2.16. The van der Waals surface area contributed by atoms with Crippen molar-refractivity contribution in [3.63, 3.8) is 0 Å². The van der Waals surface area contributed by atoms with E-state index < -0.39 is 0 Å². The third-order valence-corrected chi connectivity index (χ3v) is 2.84. The van der Waals surface area contributed by atoms with Gasteiger partial charge in [0.05, 0.1) is 11.8 Å². The zero-order valence-corrected chi connectivity index (χ0v) is 10.9. The van der Waals surface area contributed by atoms with Crippen LogP contribution in [0.1, 0.15) is 24.2 Å². The molecule has 1 atom stereocenters. The van der Waals surface area contributed by atoms with Gasteiger partial charge >= 0.3 is 0 Å². The van der Waals surface area contributed by atoms with Gasteiger partial charge in [0.25, 0.3) is 0 Å². The summed E-state index contributed by atoms with van der Waals surface area (Å²) in [5.74, 6) is 0.612. The SMILES string of the molecule is CC(Oc1cnccc1C(N)=S)c1ccccc1. The standard InChI is InChI=1S/C14H14N2OS/c1-10(11-5-3-2-4-6-11)17-13-9-16-8-7-12(13)14(15)18/h2-10H,1H3,(H2,15,18). The Morgan fingerprint density at radius 1 is 1.28 bits per heavy atom. The van der Waals surface area contributed by atoms with Crippen molar-refractivity contribution in [3.05, 3.63) is 59.9 Å². The molecule has 2 aromatic rings. The Morgan fingerprint density at radius 2 is 2.00 bits per heavy atom. The number of aromatic nitrogens is 1. The lowest BCUT2D eigenvalue weighted by Crippen LogP contribution is -2.13. The van der Waals surface area contributed by atoms with Gasteiger partial charge in [0.15, 0.2) is 0 Å². The number of benzene rings is 1. The van der Waals surface area contributed by atoms with Gasteiger partial charge in [-0.15, -0.1) is 0 Å². The van der Waals surface area contributed by atoms with E-state index in [1.165, 1.54) is 0 Å². The maximum Gasteiger partial charge on any atom is 0.148 e. The Kier molecular flexibility index (Phi) is 3.89. The summed E-state index contributed by atoms with van der Waals surface area (Å²) in [5, 5.41) is 0. The van der Waals surface area contributed by atoms with Crippen LogP contribution in [0, 0.1) is 0 Å². The Balaban J connectivity index is 2.22. The Hall–Kier alpha value is -1.94. The lowest BCUT2D eigenvalue weighted by atomic mass is 10.1. The molecule has 1 aromatic carbocycles. The molecule has 0 aliphatic carbocycles. The molecule has 0 amide bonds. The highest BCUT2D eigenvalue weighted by Crippen LogP contribution is 2.24. The number of ether oxygens (including phenoxy) is 1. The van der Waals surface area contributed by atoms with E-state index in [1.807, 2.05) is 37.3 Å². The van der Waals surface area contributed by atoms with Crippen molar-refractivity contribution in [1.29, 1.82) is 0 Å². The molecule has 0 radical (unpaired) electrons. The molecule has 1 unspecified atom stereocenters. The van der Waals surface area contributed by atoms with Crippen LogP contribution >= 0.6 is 12.2 Å². The normalized spacial score (nSPS) is 11.8. The zero-order valence-electron chi connectivity index (χ0n) is 10.0. The molecule has 1 aromatic heterocycles. The smallest absolute Gasteiger partial charge is 0.148 e. The molecule has 0 saturated heterocycles. The lowest BCUT2D eigenvalue weighted by molar-refractivity contribution is 0.225. The summed E-state index contributed by atoms with van der Waals surface area (Å²) < 4.78 is 5.86. The van der Waals surface area contributed by atoms with Crippen LogP contribution in [0.2, 0.25) is 0 Å². The summed E-state index contributed by atoms with van der Waals surface area (Å²) in [7, 11) is 0. The minimum Gasteiger partial charge on any atom is -0.484 e. The van der Waals surface area contributed by atoms with Crippen molar-refractivity contribution in [2.45, 2.75) is 13.0 Å². The number of nitrogens with zero attached hydrogens (tertiary/aromatic N) is 1. The van der Waals surface area contributed by atoms with E-state index in [0.29, 0.717) is 16.3 Å². The Bertz CT molecular complexity index is 543. The third kappa shape index (κ3) is 2.84.